The Bertz CT molecular complexity index is 600. The molecule has 6 nitrogen and oxygen atoms in total. The van der Waals surface area contributed by atoms with Crippen molar-refractivity contribution in [2.24, 2.45) is 5.92 Å². The number of amides is 2. The van der Waals surface area contributed by atoms with Crippen LogP contribution in [0.5, 0.6) is 0 Å². The average molecular weight is 365 g/mol. The van der Waals surface area contributed by atoms with Gasteiger partial charge in [0, 0.05) is 50.4 Å². The summed E-state index contributed by atoms with van der Waals surface area (Å²) >= 11 is 1.67. The molecular formula is C18H27N3O3S. The second-order valence-electron chi connectivity index (χ2n) is 6.96. The van der Waals surface area contributed by atoms with E-state index in [0.717, 1.165) is 55.9 Å². The molecule has 2 aliphatic rings. The molecule has 1 atom stereocenters. The van der Waals surface area contributed by atoms with Gasteiger partial charge in [0.1, 0.15) is 6.61 Å². The third-order valence-corrected chi connectivity index (χ3v) is 6.17. The Morgan fingerprint density at radius 3 is 2.92 bits per heavy atom. The highest BCUT2D eigenvalue weighted by Crippen LogP contribution is 2.29. The molecule has 0 radical (unpaired) electrons. The predicted octanol–water partition coefficient (Wildman–Crippen LogP) is 1.95. The number of ether oxygens (including phenoxy) is 1. The minimum atomic E-state index is 0.0580. The molecule has 138 valence electrons. The fraction of sp³-hybridized carbons (Fsp3) is 0.722. The van der Waals surface area contributed by atoms with Crippen LogP contribution in [0, 0.1) is 5.92 Å². The van der Waals surface area contributed by atoms with E-state index >= 15 is 0 Å². The summed E-state index contributed by atoms with van der Waals surface area (Å²) in [5.74, 6) is 0.811. The van der Waals surface area contributed by atoms with Gasteiger partial charge in [-0.2, -0.15) is 0 Å². The van der Waals surface area contributed by atoms with E-state index in [0.29, 0.717) is 12.5 Å². The lowest BCUT2D eigenvalue weighted by Crippen LogP contribution is -2.40. The van der Waals surface area contributed by atoms with Crippen molar-refractivity contribution in [1.82, 2.24) is 15.2 Å². The van der Waals surface area contributed by atoms with Crippen molar-refractivity contribution in [2.75, 3.05) is 33.4 Å². The summed E-state index contributed by atoms with van der Waals surface area (Å²) in [5.41, 5.74) is 1.04. The molecule has 2 fully saturated rings. The van der Waals surface area contributed by atoms with Crippen LogP contribution in [0.3, 0.4) is 0 Å². The van der Waals surface area contributed by atoms with Crippen molar-refractivity contribution in [2.45, 2.75) is 44.4 Å². The first-order chi connectivity index (χ1) is 12.2. The van der Waals surface area contributed by atoms with Gasteiger partial charge in [-0.05, 0) is 25.7 Å². The summed E-state index contributed by atoms with van der Waals surface area (Å²) in [6.07, 6.45) is 6.10. The van der Waals surface area contributed by atoms with Crippen LogP contribution < -0.4 is 5.32 Å². The molecule has 3 rings (SSSR count). The predicted molar refractivity (Wildman–Crippen MR) is 96.6 cm³/mol. The van der Waals surface area contributed by atoms with Gasteiger partial charge in [-0.15, -0.1) is 11.3 Å². The number of methoxy groups -OCH3 is 1. The second kappa shape index (κ2) is 8.76. The van der Waals surface area contributed by atoms with Gasteiger partial charge in [0.15, 0.2) is 0 Å². The number of hydrogen-bond acceptors (Lipinski definition) is 5. The number of thiazole rings is 1. The molecule has 7 heteroatoms. The fourth-order valence-corrected chi connectivity index (χ4v) is 4.36. The molecule has 2 amide bonds. The second-order valence-corrected chi connectivity index (χ2v) is 7.85. The third kappa shape index (κ3) is 4.79. The summed E-state index contributed by atoms with van der Waals surface area (Å²) in [6, 6.07) is 0. The van der Waals surface area contributed by atoms with Crippen molar-refractivity contribution < 1.29 is 14.3 Å². The van der Waals surface area contributed by atoms with Crippen LogP contribution in [0.1, 0.15) is 48.7 Å². The van der Waals surface area contributed by atoms with Gasteiger partial charge in [0.05, 0.1) is 10.7 Å². The van der Waals surface area contributed by atoms with E-state index in [4.69, 9.17) is 9.72 Å². The van der Waals surface area contributed by atoms with Crippen molar-refractivity contribution in [3.8, 4) is 0 Å². The van der Waals surface area contributed by atoms with Gasteiger partial charge < -0.3 is 15.0 Å². The van der Waals surface area contributed by atoms with Gasteiger partial charge in [0.2, 0.25) is 11.8 Å². The van der Waals surface area contributed by atoms with Gasteiger partial charge >= 0.3 is 0 Å². The van der Waals surface area contributed by atoms with E-state index in [-0.39, 0.29) is 24.3 Å². The number of rotatable bonds is 7. The lowest BCUT2D eigenvalue weighted by atomic mass is 9.85. The van der Waals surface area contributed by atoms with Crippen molar-refractivity contribution in [3.63, 3.8) is 0 Å². The standard InChI is InChI=1S/C18H27N3O3S/c1-24-11-16(22)21-9-3-6-14(10-21)18-20-15(12-25-18)7-8-19-17(23)13-4-2-5-13/h12-14H,2-11H2,1H3,(H,19,23). The number of aromatic nitrogens is 1. The van der Waals surface area contributed by atoms with Crippen molar-refractivity contribution in [1.29, 1.82) is 0 Å². The number of likely N-dealkylation sites (tertiary alicyclic amines) is 1. The number of hydrogen-bond donors (Lipinski definition) is 1. The Balaban J connectivity index is 1.47. The third-order valence-electron chi connectivity index (χ3n) is 5.12. The SMILES string of the molecule is COCC(=O)N1CCCC(c2nc(CCNC(=O)C3CCC3)cs2)C1. The van der Waals surface area contributed by atoms with Crippen LogP contribution in [-0.2, 0) is 20.7 Å². The summed E-state index contributed by atoms with van der Waals surface area (Å²) < 4.78 is 4.96. The number of carbonyl (C=O) groups is 2. The molecule has 1 unspecified atom stereocenters. The Morgan fingerprint density at radius 2 is 2.20 bits per heavy atom. The quantitative estimate of drug-likeness (QED) is 0.802. The highest BCUT2D eigenvalue weighted by atomic mass is 32.1. The van der Waals surface area contributed by atoms with E-state index in [1.165, 1.54) is 6.42 Å². The van der Waals surface area contributed by atoms with Gasteiger partial charge in [-0.1, -0.05) is 6.42 Å². The number of nitrogens with one attached hydrogen (secondary N) is 1. The van der Waals surface area contributed by atoms with E-state index in [1.54, 1.807) is 18.4 Å². The minimum Gasteiger partial charge on any atom is -0.375 e. The van der Waals surface area contributed by atoms with Gasteiger partial charge in [-0.3, -0.25) is 9.59 Å². The van der Waals surface area contributed by atoms with Crippen LogP contribution >= 0.6 is 11.3 Å². The molecular weight excluding hydrogens is 338 g/mol. The molecule has 2 heterocycles. The zero-order valence-electron chi connectivity index (χ0n) is 14.8. The Hall–Kier alpha value is -1.47. The zero-order valence-corrected chi connectivity index (χ0v) is 15.6. The minimum absolute atomic E-state index is 0.0580. The summed E-state index contributed by atoms with van der Waals surface area (Å²) in [7, 11) is 1.55. The Morgan fingerprint density at radius 1 is 1.36 bits per heavy atom. The van der Waals surface area contributed by atoms with Crippen LogP contribution in [0.25, 0.3) is 0 Å². The molecule has 1 saturated heterocycles. The first-order valence-corrected chi connectivity index (χ1v) is 10.0. The van der Waals surface area contributed by atoms with E-state index in [2.05, 4.69) is 10.7 Å². The topological polar surface area (TPSA) is 71.5 Å². The molecule has 0 spiro atoms. The number of piperidine rings is 1. The number of nitrogens with zero attached hydrogens (tertiary/aromatic N) is 2. The highest BCUT2D eigenvalue weighted by molar-refractivity contribution is 7.09. The monoisotopic (exact) mass is 365 g/mol. The molecule has 1 aliphatic carbocycles. The fourth-order valence-electron chi connectivity index (χ4n) is 3.37. The Labute approximate surface area is 153 Å². The summed E-state index contributed by atoms with van der Waals surface area (Å²) in [5, 5.41) is 6.21. The van der Waals surface area contributed by atoms with Crippen molar-refractivity contribution >= 4 is 23.2 Å². The van der Waals surface area contributed by atoms with E-state index < -0.39 is 0 Å². The number of carbonyl (C=O) groups excluding carboxylic acids is 2. The van der Waals surface area contributed by atoms with E-state index in [9.17, 15) is 9.59 Å². The Kier molecular flexibility index (Phi) is 6.42. The van der Waals surface area contributed by atoms with Crippen LogP contribution in [0.15, 0.2) is 5.38 Å². The molecule has 25 heavy (non-hydrogen) atoms. The first-order valence-electron chi connectivity index (χ1n) is 9.16. The first kappa shape index (κ1) is 18.3. The maximum atomic E-state index is 12.0. The zero-order chi connectivity index (χ0) is 17.6. The van der Waals surface area contributed by atoms with Crippen LogP contribution in [0.4, 0.5) is 0 Å². The largest absolute Gasteiger partial charge is 0.375 e. The summed E-state index contributed by atoms with van der Waals surface area (Å²) in [4.78, 5) is 30.5. The molecule has 1 aromatic heterocycles. The van der Waals surface area contributed by atoms with Gasteiger partial charge in [-0.25, -0.2) is 4.98 Å². The normalized spacial score (nSPS) is 21.0. The molecule has 1 saturated carbocycles. The smallest absolute Gasteiger partial charge is 0.248 e. The van der Waals surface area contributed by atoms with Gasteiger partial charge in [0.25, 0.3) is 0 Å². The van der Waals surface area contributed by atoms with Crippen LogP contribution in [-0.4, -0.2) is 55.0 Å². The summed E-state index contributed by atoms with van der Waals surface area (Å²) in [6.45, 7) is 2.34. The highest BCUT2D eigenvalue weighted by Gasteiger charge is 2.27. The van der Waals surface area contributed by atoms with Crippen molar-refractivity contribution in [3.05, 3.63) is 16.1 Å². The average Bonchev–Trinajstić information content (AvgIpc) is 3.02. The molecule has 0 aromatic carbocycles. The lowest BCUT2D eigenvalue weighted by Gasteiger charge is -2.31. The van der Waals surface area contributed by atoms with E-state index in [1.807, 2.05) is 4.90 Å². The molecule has 1 aliphatic heterocycles. The molecule has 1 N–H and O–H groups in total. The molecule has 0 bridgehead atoms. The maximum absolute atomic E-state index is 12.0. The molecule has 1 aromatic rings. The van der Waals surface area contributed by atoms with Crippen LogP contribution in [0.2, 0.25) is 0 Å². The lowest BCUT2D eigenvalue weighted by molar-refractivity contribution is -0.136. The maximum Gasteiger partial charge on any atom is 0.248 e.